The second kappa shape index (κ2) is 5.31. The molecular formula is C15H14N2O3S. The Hall–Kier alpha value is -2.18. The van der Waals surface area contributed by atoms with Gasteiger partial charge >= 0.3 is 11.1 Å². The van der Waals surface area contributed by atoms with Crippen molar-refractivity contribution in [3.05, 3.63) is 66.4 Å². The van der Waals surface area contributed by atoms with Crippen LogP contribution >= 0.6 is 11.3 Å². The van der Waals surface area contributed by atoms with Gasteiger partial charge in [0.05, 0.1) is 11.0 Å². The molecule has 5 nitrogen and oxygen atoms in total. The van der Waals surface area contributed by atoms with E-state index in [1.807, 2.05) is 12.1 Å². The first-order chi connectivity index (χ1) is 10.1. The van der Waals surface area contributed by atoms with Crippen LogP contribution < -0.4 is 11.1 Å². The number of aromatic nitrogens is 2. The summed E-state index contributed by atoms with van der Waals surface area (Å²) in [6.07, 6.45) is 0.194. The summed E-state index contributed by atoms with van der Waals surface area (Å²) in [6.45, 7) is 2.07. The van der Waals surface area contributed by atoms with Crippen LogP contribution in [0.5, 0.6) is 0 Å². The number of aromatic amines is 2. The van der Waals surface area contributed by atoms with E-state index >= 15 is 0 Å². The number of thiophene rings is 1. The number of benzene rings is 1. The predicted octanol–water partition coefficient (Wildman–Crippen LogP) is 1.92. The third kappa shape index (κ3) is 2.55. The molecule has 0 radical (unpaired) electrons. The summed E-state index contributed by atoms with van der Waals surface area (Å²) in [7, 11) is 0. The molecular weight excluding hydrogens is 288 g/mol. The van der Waals surface area contributed by atoms with E-state index in [4.69, 9.17) is 0 Å². The third-order valence-corrected chi connectivity index (χ3v) is 4.64. The fourth-order valence-electron chi connectivity index (χ4n) is 2.20. The molecule has 0 saturated carbocycles. The van der Waals surface area contributed by atoms with Crippen molar-refractivity contribution >= 4 is 22.4 Å². The lowest BCUT2D eigenvalue weighted by atomic mass is 10.1. The van der Waals surface area contributed by atoms with Crippen LogP contribution in [-0.2, 0) is 6.42 Å². The summed E-state index contributed by atoms with van der Waals surface area (Å²) in [5.74, 6) is 0. The van der Waals surface area contributed by atoms with Gasteiger partial charge in [-0.2, -0.15) is 0 Å². The molecule has 0 aliphatic rings. The first kappa shape index (κ1) is 13.8. The maximum Gasteiger partial charge on any atom is 0.314 e. The quantitative estimate of drug-likeness (QED) is 0.646. The molecule has 21 heavy (non-hydrogen) atoms. The number of hydrogen-bond acceptors (Lipinski definition) is 4. The molecule has 6 heteroatoms. The number of H-pyrrole nitrogens is 2. The second-order valence-electron chi connectivity index (χ2n) is 4.77. The van der Waals surface area contributed by atoms with Crippen LogP contribution in [0.3, 0.4) is 0 Å². The Morgan fingerprint density at radius 1 is 1.10 bits per heavy atom. The lowest BCUT2D eigenvalue weighted by Crippen LogP contribution is -2.28. The van der Waals surface area contributed by atoms with Crippen LogP contribution in [-0.4, -0.2) is 15.1 Å². The van der Waals surface area contributed by atoms with E-state index < -0.39 is 17.2 Å². The molecule has 0 saturated heterocycles. The number of hydrogen-bond donors (Lipinski definition) is 3. The summed E-state index contributed by atoms with van der Waals surface area (Å²) in [5.41, 5.74) is 0.342. The molecule has 0 bridgehead atoms. The minimum atomic E-state index is -0.741. The van der Waals surface area contributed by atoms with Crippen molar-refractivity contribution in [1.29, 1.82) is 0 Å². The van der Waals surface area contributed by atoms with E-state index in [1.54, 1.807) is 29.5 Å². The minimum Gasteiger partial charge on any atom is -0.383 e. The molecule has 0 amide bonds. The summed E-state index contributed by atoms with van der Waals surface area (Å²) in [6, 6.07) is 9.02. The van der Waals surface area contributed by atoms with Gasteiger partial charge in [0.2, 0.25) is 0 Å². The zero-order valence-corrected chi connectivity index (χ0v) is 12.2. The van der Waals surface area contributed by atoms with Crippen LogP contribution in [0.25, 0.3) is 11.0 Å². The molecule has 3 rings (SSSR count). The number of nitrogens with one attached hydrogen (secondary N) is 2. The molecule has 0 aliphatic heterocycles. The van der Waals surface area contributed by atoms with Crippen LogP contribution in [0.2, 0.25) is 0 Å². The van der Waals surface area contributed by atoms with Gasteiger partial charge in [-0.1, -0.05) is 13.0 Å². The average molecular weight is 302 g/mol. The van der Waals surface area contributed by atoms with Gasteiger partial charge in [-0.3, -0.25) is 9.59 Å². The number of rotatable bonds is 3. The zero-order valence-electron chi connectivity index (χ0n) is 11.3. The van der Waals surface area contributed by atoms with E-state index in [9.17, 15) is 14.7 Å². The Balaban J connectivity index is 2.05. The maximum absolute atomic E-state index is 11.4. The van der Waals surface area contributed by atoms with E-state index in [0.29, 0.717) is 16.6 Å². The molecule has 108 valence electrons. The van der Waals surface area contributed by atoms with Crippen molar-refractivity contribution < 1.29 is 5.11 Å². The topological polar surface area (TPSA) is 85.9 Å². The summed E-state index contributed by atoms with van der Waals surface area (Å²) < 4.78 is 0. The normalized spacial score (nSPS) is 12.7. The highest BCUT2D eigenvalue weighted by atomic mass is 32.1. The van der Waals surface area contributed by atoms with Crippen molar-refractivity contribution in [2.45, 2.75) is 19.4 Å². The highest BCUT2D eigenvalue weighted by molar-refractivity contribution is 7.12. The van der Waals surface area contributed by atoms with Crippen molar-refractivity contribution in [2.75, 3.05) is 0 Å². The van der Waals surface area contributed by atoms with Crippen molar-refractivity contribution in [3.8, 4) is 0 Å². The largest absolute Gasteiger partial charge is 0.383 e. The fraction of sp³-hybridized carbons (Fsp3) is 0.200. The molecule has 0 spiro atoms. The summed E-state index contributed by atoms with van der Waals surface area (Å²) in [5, 5.41) is 10.4. The Kier molecular flexibility index (Phi) is 3.48. The average Bonchev–Trinajstić information content (AvgIpc) is 2.96. The van der Waals surface area contributed by atoms with Gasteiger partial charge in [-0.25, -0.2) is 0 Å². The van der Waals surface area contributed by atoms with Crippen molar-refractivity contribution in [1.82, 2.24) is 9.97 Å². The first-order valence-electron chi connectivity index (χ1n) is 6.61. The Labute approximate surface area is 123 Å². The van der Waals surface area contributed by atoms with Crippen LogP contribution in [0.15, 0.2) is 39.9 Å². The molecule has 0 aliphatic carbocycles. The van der Waals surface area contributed by atoms with Gasteiger partial charge in [0.1, 0.15) is 6.10 Å². The number of fused-ring (bicyclic) bond motifs is 1. The van der Waals surface area contributed by atoms with Gasteiger partial charge in [0.15, 0.2) is 0 Å². The molecule has 1 unspecified atom stereocenters. The Bertz CT molecular complexity index is 907. The van der Waals surface area contributed by atoms with Gasteiger partial charge < -0.3 is 15.1 Å². The van der Waals surface area contributed by atoms with E-state index in [0.717, 1.165) is 11.3 Å². The van der Waals surface area contributed by atoms with Crippen LogP contribution in [0.4, 0.5) is 0 Å². The molecule has 2 heterocycles. The predicted molar refractivity (Wildman–Crippen MR) is 82.9 cm³/mol. The van der Waals surface area contributed by atoms with Gasteiger partial charge in [0, 0.05) is 9.75 Å². The van der Waals surface area contributed by atoms with Crippen molar-refractivity contribution in [3.63, 3.8) is 0 Å². The van der Waals surface area contributed by atoms with E-state index in [-0.39, 0.29) is 0 Å². The molecule has 1 aromatic carbocycles. The first-order valence-corrected chi connectivity index (χ1v) is 7.43. The number of aliphatic hydroxyl groups excluding tert-OH is 1. The monoisotopic (exact) mass is 302 g/mol. The molecule has 2 aromatic heterocycles. The van der Waals surface area contributed by atoms with Crippen LogP contribution in [0, 0.1) is 0 Å². The standard InChI is InChI=1S/C15H14N2O3S/c1-2-9-4-6-12(21-9)13(18)8-3-5-10-11(7-8)17-15(20)14(19)16-10/h3-7,13,18H,2H2,1H3,(H,16,19)(H,17,20). The van der Waals surface area contributed by atoms with Gasteiger partial charge in [-0.15, -0.1) is 11.3 Å². The maximum atomic E-state index is 11.4. The highest BCUT2D eigenvalue weighted by Gasteiger charge is 2.13. The van der Waals surface area contributed by atoms with Crippen LogP contribution in [0.1, 0.15) is 28.3 Å². The molecule has 3 aromatic rings. The molecule has 3 N–H and O–H groups in total. The SMILES string of the molecule is CCc1ccc(C(O)c2ccc3[nH]c(=O)c(=O)[nH]c3c2)s1. The van der Waals surface area contributed by atoms with E-state index in [2.05, 4.69) is 16.9 Å². The van der Waals surface area contributed by atoms with E-state index in [1.165, 1.54) is 4.88 Å². The Morgan fingerprint density at radius 2 is 1.81 bits per heavy atom. The number of aryl methyl sites for hydroxylation is 1. The van der Waals surface area contributed by atoms with Crippen molar-refractivity contribution in [2.24, 2.45) is 0 Å². The lowest BCUT2D eigenvalue weighted by Gasteiger charge is -2.09. The zero-order chi connectivity index (χ0) is 15.0. The summed E-state index contributed by atoms with van der Waals surface area (Å²) >= 11 is 1.57. The third-order valence-electron chi connectivity index (χ3n) is 3.36. The second-order valence-corrected chi connectivity index (χ2v) is 5.97. The Morgan fingerprint density at radius 3 is 2.48 bits per heavy atom. The summed E-state index contributed by atoms with van der Waals surface area (Å²) in [4.78, 5) is 29.7. The molecule has 0 fully saturated rings. The smallest absolute Gasteiger partial charge is 0.314 e. The minimum absolute atomic E-state index is 0.503. The van der Waals surface area contributed by atoms with Gasteiger partial charge in [0.25, 0.3) is 0 Å². The molecule has 1 atom stereocenters. The van der Waals surface area contributed by atoms with Gasteiger partial charge in [-0.05, 0) is 36.2 Å². The number of aliphatic hydroxyl groups is 1. The fourth-order valence-corrected chi connectivity index (χ4v) is 3.17. The lowest BCUT2D eigenvalue weighted by molar-refractivity contribution is 0.224. The highest BCUT2D eigenvalue weighted by Crippen LogP contribution is 2.29.